The summed E-state index contributed by atoms with van der Waals surface area (Å²) in [5, 5.41) is 11.0. The van der Waals surface area contributed by atoms with Gasteiger partial charge in [-0.15, -0.1) is 11.3 Å². The minimum absolute atomic E-state index is 0.0879. The molecule has 2 heterocycles. The van der Waals surface area contributed by atoms with E-state index in [1.807, 2.05) is 48.5 Å². The SMILES string of the molecule is N#CC1=C(N)Oc2nc(-c3ccccc3)sc2[C@@H]1c1cccc(Cl)c1. The van der Waals surface area contributed by atoms with Crippen LogP contribution in [0.3, 0.4) is 0 Å². The first-order valence-electron chi connectivity index (χ1n) is 7.56. The normalized spacial score (nSPS) is 16.1. The fourth-order valence-electron chi connectivity index (χ4n) is 2.83. The van der Waals surface area contributed by atoms with E-state index in [2.05, 4.69) is 11.1 Å². The molecule has 0 spiro atoms. The molecule has 1 atom stereocenters. The maximum atomic E-state index is 9.60. The van der Waals surface area contributed by atoms with Crippen LogP contribution in [0.1, 0.15) is 16.4 Å². The molecule has 0 bridgehead atoms. The van der Waals surface area contributed by atoms with Crippen molar-refractivity contribution in [2.45, 2.75) is 5.92 Å². The smallest absolute Gasteiger partial charge is 0.236 e. The first kappa shape index (κ1) is 15.7. The fourth-order valence-corrected chi connectivity index (χ4v) is 4.17. The molecule has 25 heavy (non-hydrogen) atoms. The van der Waals surface area contributed by atoms with Crippen LogP contribution in [-0.4, -0.2) is 4.98 Å². The Labute approximate surface area is 153 Å². The first-order valence-corrected chi connectivity index (χ1v) is 8.76. The summed E-state index contributed by atoms with van der Waals surface area (Å²) < 4.78 is 5.62. The van der Waals surface area contributed by atoms with Crippen molar-refractivity contribution >= 4 is 22.9 Å². The molecule has 0 amide bonds. The van der Waals surface area contributed by atoms with Gasteiger partial charge in [0.05, 0.1) is 10.8 Å². The lowest BCUT2D eigenvalue weighted by Gasteiger charge is -2.22. The number of thiazole rings is 1. The van der Waals surface area contributed by atoms with Crippen LogP contribution in [0.2, 0.25) is 5.02 Å². The lowest BCUT2D eigenvalue weighted by atomic mass is 9.89. The predicted octanol–water partition coefficient (Wildman–Crippen LogP) is 4.68. The highest BCUT2D eigenvalue weighted by atomic mass is 35.5. The summed E-state index contributed by atoms with van der Waals surface area (Å²) in [6, 6.07) is 19.4. The summed E-state index contributed by atoms with van der Waals surface area (Å²) in [6.07, 6.45) is 0. The number of fused-ring (bicyclic) bond motifs is 1. The van der Waals surface area contributed by atoms with Crippen molar-refractivity contribution in [3.63, 3.8) is 0 Å². The molecule has 2 N–H and O–H groups in total. The number of benzene rings is 2. The van der Waals surface area contributed by atoms with E-state index in [1.54, 1.807) is 6.07 Å². The number of halogens is 1. The van der Waals surface area contributed by atoms with Gasteiger partial charge in [-0.2, -0.15) is 5.26 Å². The zero-order valence-corrected chi connectivity index (χ0v) is 14.5. The van der Waals surface area contributed by atoms with Crippen molar-refractivity contribution in [2.75, 3.05) is 0 Å². The number of nitrogens with zero attached hydrogens (tertiary/aromatic N) is 2. The lowest BCUT2D eigenvalue weighted by Crippen LogP contribution is -2.20. The second-order valence-electron chi connectivity index (χ2n) is 5.53. The zero-order valence-electron chi connectivity index (χ0n) is 12.9. The van der Waals surface area contributed by atoms with Gasteiger partial charge in [-0.3, -0.25) is 0 Å². The molecule has 4 nitrogen and oxygen atoms in total. The monoisotopic (exact) mass is 365 g/mol. The Balaban J connectivity index is 1.89. The Morgan fingerprint density at radius 3 is 2.68 bits per heavy atom. The number of aromatic nitrogens is 1. The van der Waals surface area contributed by atoms with Crippen molar-refractivity contribution in [3.8, 4) is 22.5 Å². The van der Waals surface area contributed by atoms with Crippen LogP contribution >= 0.6 is 22.9 Å². The zero-order chi connectivity index (χ0) is 17.4. The molecule has 1 aliphatic heterocycles. The van der Waals surface area contributed by atoms with E-state index in [0.29, 0.717) is 16.5 Å². The molecular formula is C19H12ClN3OS. The van der Waals surface area contributed by atoms with Crippen LogP contribution < -0.4 is 10.5 Å². The van der Waals surface area contributed by atoms with Crippen LogP contribution in [0.25, 0.3) is 10.6 Å². The molecule has 0 fully saturated rings. The third-order valence-corrected chi connectivity index (χ3v) is 5.35. The lowest BCUT2D eigenvalue weighted by molar-refractivity contribution is 0.383. The van der Waals surface area contributed by atoms with Gasteiger partial charge in [0, 0.05) is 10.6 Å². The van der Waals surface area contributed by atoms with Crippen molar-refractivity contribution in [3.05, 3.63) is 81.5 Å². The second kappa shape index (κ2) is 6.25. The topological polar surface area (TPSA) is 71.9 Å². The third kappa shape index (κ3) is 2.76. The number of hydrogen-bond acceptors (Lipinski definition) is 5. The van der Waals surface area contributed by atoms with Crippen LogP contribution in [0.5, 0.6) is 5.88 Å². The average Bonchev–Trinajstić information content (AvgIpc) is 3.04. The van der Waals surface area contributed by atoms with Gasteiger partial charge in [-0.05, 0) is 17.7 Å². The van der Waals surface area contributed by atoms with Gasteiger partial charge >= 0.3 is 0 Å². The average molecular weight is 366 g/mol. The maximum absolute atomic E-state index is 9.60. The molecule has 0 aliphatic carbocycles. The van der Waals surface area contributed by atoms with Crippen molar-refractivity contribution < 1.29 is 4.74 Å². The largest absolute Gasteiger partial charge is 0.421 e. The van der Waals surface area contributed by atoms with Crippen molar-refractivity contribution in [1.82, 2.24) is 4.98 Å². The first-order chi connectivity index (χ1) is 12.2. The Morgan fingerprint density at radius 2 is 1.96 bits per heavy atom. The van der Waals surface area contributed by atoms with Gasteiger partial charge in [-0.25, -0.2) is 4.98 Å². The molecule has 2 aromatic carbocycles. The molecule has 122 valence electrons. The molecule has 0 saturated carbocycles. The standard InChI is InChI=1S/C19H12ClN3OS/c20-13-8-4-7-12(9-13)15-14(10-21)17(22)24-18-16(15)25-19(23-18)11-5-2-1-3-6-11/h1-9,15H,22H2/t15-/m1/s1. The highest BCUT2D eigenvalue weighted by Gasteiger charge is 2.34. The maximum Gasteiger partial charge on any atom is 0.236 e. The van der Waals surface area contributed by atoms with Gasteiger partial charge in [-0.1, -0.05) is 54.1 Å². The van der Waals surface area contributed by atoms with Crippen LogP contribution in [0.4, 0.5) is 0 Å². The molecule has 6 heteroatoms. The number of rotatable bonds is 2. The van der Waals surface area contributed by atoms with E-state index in [1.165, 1.54) is 11.3 Å². The third-order valence-electron chi connectivity index (χ3n) is 3.97. The van der Waals surface area contributed by atoms with E-state index in [-0.39, 0.29) is 11.8 Å². The van der Waals surface area contributed by atoms with E-state index < -0.39 is 0 Å². The van der Waals surface area contributed by atoms with Crippen LogP contribution in [0, 0.1) is 11.3 Å². The summed E-state index contributed by atoms with van der Waals surface area (Å²) in [5.74, 6) is 0.206. The molecular weight excluding hydrogens is 354 g/mol. The highest BCUT2D eigenvalue weighted by molar-refractivity contribution is 7.15. The number of nitrogens with two attached hydrogens (primary N) is 1. The summed E-state index contributed by atoms with van der Waals surface area (Å²) >= 11 is 7.64. The van der Waals surface area contributed by atoms with Crippen molar-refractivity contribution in [1.29, 1.82) is 5.26 Å². The second-order valence-corrected chi connectivity index (χ2v) is 7.00. The Hall–Kier alpha value is -2.81. The molecule has 0 radical (unpaired) electrons. The van der Waals surface area contributed by atoms with E-state index in [0.717, 1.165) is 21.0 Å². The van der Waals surface area contributed by atoms with E-state index >= 15 is 0 Å². The fraction of sp³-hybridized carbons (Fsp3) is 0.0526. The Kier molecular flexibility index (Phi) is 3.92. The number of ether oxygens (including phenoxy) is 1. The number of allylic oxidation sites excluding steroid dienone is 1. The Bertz CT molecular complexity index is 1020. The quantitative estimate of drug-likeness (QED) is 0.715. The summed E-state index contributed by atoms with van der Waals surface area (Å²) in [4.78, 5) is 5.43. The molecule has 4 rings (SSSR count). The van der Waals surface area contributed by atoms with Crippen molar-refractivity contribution in [2.24, 2.45) is 5.73 Å². The predicted molar refractivity (Wildman–Crippen MR) is 98.3 cm³/mol. The minimum Gasteiger partial charge on any atom is -0.421 e. The summed E-state index contributed by atoms with van der Waals surface area (Å²) in [7, 11) is 0. The summed E-state index contributed by atoms with van der Waals surface area (Å²) in [5.41, 5.74) is 8.24. The number of nitriles is 1. The van der Waals surface area contributed by atoms with Gasteiger partial charge in [0.2, 0.25) is 11.8 Å². The van der Waals surface area contributed by atoms with Crippen LogP contribution in [-0.2, 0) is 0 Å². The highest BCUT2D eigenvalue weighted by Crippen LogP contribution is 2.47. The minimum atomic E-state index is -0.331. The summed E-state index contributed by atoms with van der Waals surface area (Å²) in [6.45, 7) is 0. The molecule has 3 aromatic rings. The molecule has 0 saturated heterocycles. The van der Waals surface area contributed by atoms with Gasteiger partial charge in [0.1, 0.15) is 16.6 Å². The Morgan fingerprint density at radius 1 is 1.16 bits per heavy atom. The molecule has 0 unspecified atom stereocenters. The van der Waals surface area contributed by atoms with Gasteiger partial charge < -0.3 is 10.5 Å². The van der Waals surface area contributed by atoms with E-state index in [9.17, 15) is 5.26 Å². The molecule has 1 aliphatic rings. The number of hydrogen-bond donors (Lipinski definition) is 1. The van der Waals surface area contributed by atoms with Crippen LogP contribution in [0.15, 0.2) is 66.1 Å². The van der Waals surface area contributed by atoms with Gasteiger partial charge in [0.25, 0.3) is 0 Å². The van der Waals surface area contributed by atoms with Gasteiger partial charge in [0.15, 0.2) is 0 Å². The molecule has 1 aromatic heterocycles. The van der Waals surface area contributed by atoms with E-state index in [4.69, 9.17) is 22.1 Å².